The highest BCUT2D eigenvalue weighted by Gasteiger charge is 2.40. The predicted octanol–water partition coefficient (Wildman–Crippen LogP) is 2.26. The van der Waals surface area contributed by atoms with Gasteiger partial charge in [-0.1, -0.05) is 25.4 Å². The molecule has 1 aromatic rings. The van der Waals surface area contributed by atoms with E-state index in [1.807, 2.05) is 13.8 Å². The van der Waals surface area contributed by atoms with Crippen LogP contribution in [0.5, 0.6) is 11.5 Å². The first-order valence-electron chi connectivity index (χ1n) is 5.05. The lowest BCUT2D eigenvalue weighted by Gasteiger charge is -2.20. The molecule has 4 nitrogen and oxygen atoms in total. The molecule has 0 spiro atoms. The van der Waals surface area contributed by atoms with Crippen molar-refractivity contribution in [3.05, 3.63) is 23.8 Å². The lowest BCUT2D eigenvalue weighted by atomic mass is 9.87. The van der Waals surface area contributed by atoms with E-state index in [0.29, 0.717) is 5.75 Å². The van der Waals surface area contributed by atoms with Crippen LogP contribution in [0, 0.1) is 0 Å². The Kier molecular flexibility index (Phi) is 2.78. The number of ether oxygens (including phenoxy) is 1. The van der Waals surface area contributed by atoms with Crippen molar-refractivity contribution in [2.75, 3.05) is 6.26 Å². The van der Waals surface area contributed by atoms with E-state index in [1.54, 1.807) is 18.2 Å². The number of hydrogen-bond donors (Lipinski definition) is 0. The fraction of sp³-hybridized carbons (Fsp3) is 0.455. The molecule has 1 aliphatic rings. The molecule has 1 heterocycles. The zero-order valence-electron chi connectivity index (χ0n) is 9.73. The summed E-state index contributed by atoms with van der Waals surface area (Å²) in [4.78, 5) is 0. The van der Waals surface area contributed by atoms with Crippen LogP contribution in [0.3, 0.4) is 0 Å². The predicted molar refractivity (Wildman–Crippen MR) is 65.2 cm³/mol. The molecule has 0 bridgehead atoms. The third-order valence-corrected chi connectivity index (χ3v) is 3.82. The summed E-state index contributed by atoms with van der Waals surface area (Å²) in [5.41, 5.74) is -0.00190. The van der Waals surface area contributed by atoms with Crippen LogP contribution in [0.1, 0.15) is 19.4 Å². The van der Waals surface area contributed by atoms with E-state index in [0.717, 1.165) is 11.8 Å². The number of rotatable bonds is 2. The quantitative estimate of drug-likeness (QED) is 0.614. The van der Waals surface area contributed by atoms with E-state index in [4.69, 9.17) is 20.5 Å². The standard InChI is InChI=1S/C11H13ClO4S/c1-11(2)8-6-7(16-17(3,13)14)4-5-9(8)15-10(11)12/h4-6,10H,1-3H3. The second-order valence-corrected chi connectivity index (χ2v) is 6.57. The summed E-state index contributed by atoms with van der Waals surface area (Å²) in [5.74, 6) is 0.935. The molecule has 0 aromatic heterocycles. The molecule has 94 valence electrons. The van der Waals surface area contributed by atoms with Crippen LogP contribution < -0.4 is 8.92 Å². The summed E-state index contributed by atoms with van der Waals surface area (Å²) >= 11 is 6.07. The normalized spacial score (nSPS) is 21.8. The minimum absolute atomic E-state index is 0.272. The molecule has 1 aromatic carbocycles. The maximum Gasteiger partial charge on any atom is 0.306 e. The van der Waals surface area contributed by atoms with E-state index in [2.05, 4.69) is 0 Å². The largest absolute Gasteiger partial charge is 0.473 e. The molecule has 0 saturated carbocycles. The summed E-state index contributed by atoms with van der Waals surface area (Å²) in [5, 5.41) is 0. The van der Waals surface area contributed by atoms with Gasteiger partial charge < -0.3 is 8.92 Å². The maximum absolute atomic E-state index is 11.0. The molecule has 0 fully saturated rings. The van der Waals surface area contributed by atoms with Crippen molar-refractivity contribution in [1.29, 1.82) is 0 Å². The Balaban J connectivity index is 2.42. The monoisotopic (exact) mass is 276 g/mol. The van der Waals surface area contributed by atoms with Crippen LogP contribution in [0.25, 0.3) is 0 Å². The summed E-state index contributed by atoms with van der Waals surface area (Å²) in [7, 11) is -3.52. The van der Waals surface area contributed by atoms with E-state index >= 15 is 0 Å². The molecule has 0 amide bonds. The van der Waals surface area contributed by atoms with Crippen molar-refractivity contribution < 1.29 is 17.3 Å². The van der Waals surface area contributed by atoms with Gasteiger partial charge in [-0.25, -0.2) is 0 Å². The van der Waals surface area contributed by atoms with Gasteiger partial charge in [0.05, 0.1) is 6.26 Å². The van der Waals surface area contributed by atoms with Crippen molar-refractivity contribution >= 4 is 21.7 Å². The van der Waals surface area contributed by atoms with E-state index in [1.165, 1.54) is 0 Å². The van der Waals surface area contributed by atoms with Gasteiger partial charge in [-0.3, -0.25) is 0 Å². The summed E-state index contributed by atoms with van der Waals surface area (Å²) in [6.07, 6.45) is 1.01. The van der Waals surface area contributed by atoms with E-state index in [9.17, 15) is 8.42 Å². The highest BCUT2D eigenvalue weighted by molar-refractivity contribution is 7.86. The minimum atomic E-state index is -3.52. The minimum Gasteiger partial charge on any atom is -0.473 e. The summed E-state index contributed by atoms with van der Waals surface area (Å²) < 4.78 is 32.4. The van der Waals surface area contributed by atoms with Gasteiger partial charge in [-0.2, -0.15) is 8.42 Å². The van der Waals surface area contributed by atoms with Crippen molar-refractivity contribution in [1.82, 2.24) is 0 Å². The van der Waals surface area contributed by atoms with Crippen LogP contribution in [0.2, 0.25) is 0 Å². The van der Waals surface area contributed by atoms with Crippen LogP contribution in [-0.4, -0.2) is 20.2 Å². The first-order chi connectivity index (χ1) is 7.70. The highest BCUT2D eigenvalue weighted by Crippen LogP contribution is 2.45. The molecular formula is C11H13ClO4S. The van der Waals surface area contributed by atoms with Crippen LogP contribution in [0.4, 0.5) is 0 Å². The van der Waals surface area contributed by atoms with Gasteiger partial charge >= 0.3 is 10.1 Å². The van der Waals surface area contributed by atoms with Crippen molar-refractivity contribution in [3.8, 4) is 11.5 Å². The van der Waals surface area contributed by atoms with Gasteiger partial charge in [0.25, 0.3) is 0 Å². The lowest BCUT2D eigenvalue weighted by molar-refractivity contribution is 0.247. The fourth-order valence-corrected chi connectivity index (χ4v) is 2.39. The molecular weight excluding hydrogens is 264 g/mol. The van der Waals surface area contributed by atoms with Crippen LogP contribution in [0.15, 0.2) is 18.2 Å². The number of fused-ring (bicyclic) bond motifs is 1. The smallest absolute Gasteiger partial charge is 0.306 e. The Morgan fingerprint density at radius 1 is 1.41 bits per heavy atom. The average Bonchev–Trinajstić information content (AvgIpc) is 2.37. The van der Waals surface area contributed by atoms with Crippen molar-refractivity contribution in [2.45, 2.75) is 24.8 Å². The summed E-state index contributed by atoms with van der Waals surface area (Å²) in [6.45, 7) is 3.86. The van der Waals surface area contributed by atoms with Gasteiger partial charge in [0.2, 0.25) is 0 Å². The van der Waals surface area contributed by atoms with Gasteiger partial charge in [0.15, 0.2) is 5.56 Å². The third-order valence-electron chi connectivity index (χ3n) is 2.69. The Morgan fingerprint density at radius 3 is 2.65 bits per heavy atom. The Labute approximate surface area is 106 Å². The molecule has 0 N–H and O–H groups in total. The highest BCUT2D eigenvalue weighted by atomic mass is 35.5. The molecule has 0 saturated heterocycles. The van der Waals surface area contributed by atoms with Gasteiger partial charge in [0.1, 0.15) is 11.5 Å². The second-order valence-electron chi connectivity index (χ2n) is 4.60. The average molecular weight is 277 g/mol. The first kappa shape index (κ1) is 12.5. The third kappa shape index (κ3) is 2.35. The van der Waals surface area contributed by atoms with Crippen LogP contribution in [-0.2, 0) is 15.5 Å². The molecule has 17 heavy (non-hydrogen) atoms. The van der Waals surface area contributed by atoms with Gasteiger partial charge in [-0.15, -0.1) is 0 Å². The van der Waals surface area contributed by atoms with Gasteiger partial charge in [0, 0.05) is 11.0 Å². The fourth-order valence-electron chi connectivity index (χ4n) is 1.72. The Bertz CT molecular complexity index is 551. The van der Waals surface area contributed by atoms with E-state index < -0.39 is 15.7 Å². The summed E-state index contributed by atoms with van der Waals surface area (Å²) in [6, 6.07) is 4.86. The van der Waals surface area contributed by atoms with Crippen molar-refractivity contribution in [3.63, 3.8) is 0 Å². The Morgan fingerprint density at radius 2 is 2.06 bits per heavy atom. The number of hydrogen-bond acceptors (Lipinski definition) is 4. The molecule has 6 heteroatoms. The molecule has 0 radical (unpaired) electrons. The number of benzene rings is 1. The van der Waals surface area contributed by atoms with Crippen LogP contribution >= 0.6 is 11.6 Å². The first-order valence-corrected chi connectivity index (χ1v) is 7.30. The number of halogens is 1. The zero-order valence-corrected chi connectivity index (χ0v) is 11.3. The van der Waals surface area contributed by atoms with Gasteiger partial charge in [-0.05, 0) is 18.2 Å². The molecule has 1 aliphatic heterocycles. The topological polar surface area (TPSA) is 52.6 Å². The molecule has 1 unspecified atom stereocenters. The van der Waals surface area contributed by atoms with Crippen molar-refractivity contribution in [2.24, 2.45) is 0 Å². The maximum atomic E-state index is 11.0. The Hall–Kier alpha value is -0.940. The molecule has 1 atom stereocenters. The molecule has 2 rings (SSSR count). The number of alkyl halides is 1. The van der Waals surface area contributed by atoms with E-state index in [-0.39, 0.29) is 11.2 Å². The lowest BCUT2D eigenvalue weighted by Crippen LogP contribution is -2.26. The zero-order chi connectivity index (χ0) is 12.8. The SMILES string of the molecule is CC1(C)c2cc(OS(C)(=O)=O)ccc2OC1Cl. The second kappa shape index (κ2) is 3.78. The molecule has 0 aliphatic carbocycles.